The van der Waals surface area contributed by atoms with Gasteiger partial charge in [-0.25, -0.2) is 0 Å². The first-order chi connectivity index (χ1) is 9.30. The molecule has 0 radical (unpaired) electrons. The molecule has 104 valence electrons. The highest BCUT2D eigenvalue weighted by molar-refractivity contribution is 7.85. The number of phenols is 2. The maximum absolute atomic E-state index is 12.1. The Labute approximate surface area is 114 Å². The molecule has 3 N–H and O–H groups in total. The van der Waals surface area contributed by atoms with Crippen molar-refractivity contribution in [3.8, 4) is 11.5 Å². The molecule has 0 aromatic heterocycles. The molecule has 2 aromatic rings. The van der Waals surface area contributed by atoms with Crippen LogP contribution in [-0.2, 0) is 10.1 Å². The van der Waals surface area contributed by atoms with Gasteiger partial charge in [-0.15, -0.1) is 0 Å². The second-order valence-corrected chi connectivity index (χ2v) is 5.42. The molecule has 20 heavy (non-hydrogen) atoms. The highest BCUT2D eigenvalue weighted by Gasteiger charge is 2.19. The Kier molecular flexibility index (Phi) is 3.47. The van der Waals surface area contributed by atoms with Gasteiger partial charge < -0.3 is 10.2 Å². The number of aromatic hydroxyl groups is 2. The van der Waals surface area contributed by atoms with Gasteiger partial charge in [0.1, 0.15) is 11.5 Å². The van der Waals surface area contributed by atoms with Gasteiger partial charge in [0.05, 0.1) is 16.0 Å². The Hall–Kier alpha value is -2.38. The summed E-state index contributed by atoms with van der Waals surface area (Å²) in [6, 6.07) is 8.58. The molecule has 0 aliphatic carbocycles. The molecule has 0 spiro atoms. The van der Waals surface area contributed by atoms with Gasteiger partial charge in [0.15, 0.2) is 5.78 Å². The predicted octanol–water partition coefficient (Wildman–Crippen LogP) is 1.58. The van der Waals surface area contributed by atoms with Crippen molar-refractivity contribution in [1.29, 1.82) is 0 Å². The molecule has 0 aliphatic heterocycles. The smallest absolute Gasteiger partial charge is 0.294 e. The maximum Gasteiger partial charge on any atom is 0.294 e. The highest BCUT2D eigenvalue weighted by Crippen LogP contribution is 2.27. The van der Waals surface area contributed by atoms with E-state index in [1.165, 1.54) is 24.3 Å². The van der Waals surface area contributed by atoms with Crippen molar-refractivity contribution in [2.75, 3.05) is 0 Å². The normalized spacial score (nSPS) is 11.2. The van der Waals surface area contributed by atoms with Crippen molar-refractivity contribution in [3.05, 3.63) is 53.6 Å². The lowest BCUT2D eigenvalue weighted by Crippen LogP contribution is -2.04. The second-order valence-electron chi connectivity index (χ2n) is 4.00. The van der Waals surface area contributed by atoms with Gasteiger partial charge in [0, 0.05) is 6.07 Å². The highest BCUT2D eigenvalue weighted by atomic mass is 32.2. The van der Waals surface area contributed by atoms with Crippen molar-refractivity contribution in [1.82, 2.24) is 0 Å². The number of rotatable bonds is 3. The van der Waals surface area contributed by atoms with Crippen LogP contribution < -0.4 is 0 Å². The molecule has 0 aliphatic rings. The van der Waals surface area contributed by atoms with E-state index in [1.807, 2.05) is 0 Å². The largest absolute Gasteiger partial charge is 0.507 e. The predicted molar refractivity (Wildman–Crippen MR) is 69.5 cm³/mol. The summed E-state index contributed by atoms with van der Waals surface area (Å²) < 4.78 is 30.7. The molecule has 0 atom stereocenters. The zero-order valence-electron chi connectivity index (χ0n) is 10.0. The van der Waals surface area contributed by atoms with E-state index in [1.54, 1.807) is 0 Å². The lowest BCUT2D eigenvalue weighted by molar-refractivity contribution is 0.103. The molecule has 0 fully saturated rings. The summed E-state index contributed by atoms with van der Waals surface area (Å²) in [5.41, 5.74) is -0.207. The summed E-state index contributed by atoms with van der Waals surface area (Å²) in [5.74, 6) is -1.52. The number of hydrogen-bond acceptors (Lipinski definition) is 5. The average Bonchev–Trinajstić information content (AvgIpc) is 2.37. The second kappa shape index (κ2) is 4.95. The molecular formula is C13H10O6S. The van der Waals surface area contributed by atoms with Crippen LogP contribution in [0.5, 0.6) is 11.5 Å². The van der Waals surface area contributed by atoms with Crippen LogP contribution in [0, 0.1) is 0 Å². The number of phenolic OH excluding ortho intramolecular Hbond substituents is 2. The van der Waals surface area contributed by atoms with Crippen LogP contribution in [0.4, 0.5) is 0 Å². The fourth-order valence-corrected chi connectivity index (χ4v) is 2.18. The van der Waals surface area contributed by atoms with Crippen molar-refractivity contribution >= 4 is 15.9 Å². The molecule has 2 aromatic carbocycles. The monoisotopic (exact) mass is 294 g/mol. The minimum Gasteiger partial charge on any atom is -0.507 e. The number of para-hydroxylation sites is 1. The third-order valence-electron chi connectivity index (χ3n) is 2.66. The molecule has 0 amide bonds. The van der Waals surface area contributed by atoms with E-state index < -0.39 is 26.5 Å². The van der Waals surface area contributed by atoms with Gasteiger partial charge in [-0.3, -0.25) is 9.35 Å². The van der Waals surface area contributed by atoms with Gasteiger partial charge in [-0.05, 0) is 24.3 Å². The van der Waals surface area contributed by atoms with E-state index in [0.717, 1.165) is 18.2 Å². The Morgan fingerprint density at radius 3 is 2.05 bits per heavy atom. The summed E-state index contributed by atoms with van der Waals surface area (Å²) in [7, 11) is -4.46. The van der Waals surface area contributed by atoms with E-state index >= 15 is 0 Å². The van der Waals surface area contributed by atoms with Crippen LogP contribution >= 0.6 is 0 Å². The zero-order valence-corrected chi connectivity index (χ0v) is 10.8. The third kappa shape index (κ3) is 2.63. The van der Waals surface area contributed by atoms with Crippen LogP contribution in [-0.4, -0.2) is 29.0 Å². The third-order valence-corrected chi connectivity index (χ3v) is 3.51. The summed E-state index contributed by atoms with van der Waals surface area (Å²) in [5, 5.41) is 19.3. The summed E-state index contributed by atoms with van der Waals surface area (Å²) in [4.78, 5) is 11.6. The molecule has 0 unspecified atom stereocenters. The Morgan fingerprint density at radius 1 is 0.900 bits per heavy atom. The van der Waals surface area contributed by atoms with E-state index in [0.29, 0.717) is 0 Å². The van der Waals surface area contributed by atoms with Crippen LogP contribution in [0.2, 0.25) is 0 Å². The maximum atomic E-state index is 12.1. The van der Waals surface area contributed by atoms with Gasteiger partial charge in [-0.1, -0.05) is 12.1 Å². The van der Waals surface area contributed by atoms with Gasteiger partial charge in [0.2, 0.25) is 0 Å². The number of carbonyl (C=O) groups excluding carboxylic acids is 1. The molecule has 0 heterocycles. The van der Waals surface area contributed by atoms with Crippen molar-refractivity contribution in [3.63, 3.8) is 0 Å². The number of ketones is 1. The van der Waals surface area contributed by atoms with Crippen LogP contribution in [0.3, 0.4) is 0 Å². The first-order valence-corrected chi connectivity index (χ1v) is 6.88. The average molecular weight is 294 g/mol. The fourth-order valence-electron chi connectivity index (χ4n) is 1.67. The summed E-state index contributed by atoms with van der Waals surface area (Å²) >= 11 is 0. The Morgan fingerprint density at radius 2 is 1.50 bits per heavy atom. The van der Waals surface area contributed by atoms with Crippen LogP contribution in [0.1, 0.15) is 15.9 Å². The minimum atomic E-state index is -4.46. The molecule has 6 nitrogen and oxygen atoms in total. The first kappa shape index (κ1) is 14.0. The topological polar surface area (TPSA) is 112 Å². The lowest BCUT2D eigenvalue weighted by atomic mass is 10.0. The van der Waals surface area contributed by atoms with Crippen LogP contribution in [0.25, 0.3) is 0 Å². The van der Waals surface area contributed by atoms with Crippen molar-refractivity contribution < 1.29 is 28.0 Å². The summed E-state index contributed by atoms with van der Waals surface area (Å²) in [6.45, 7) is 0. The van der Waals surface area contributed by atoms with E-state index in [4.69, 9.17) is 4.55 Å². The zero-order chi connectivity index (χ0) is 14.9. The van der Waals surface area contributed by atoms with Gasteiger partial charge >= 0.3 is 0 Å². The van der Waals surface area contributed by atoms with E-state index in [9.17, 15) is 23.4 Å². The number of benzene rings is 2. The lowest BCUT2D eigenvalue weighted by Gasteiger charge is -2.06. The molecule has 0 bridgehead atoms. The number of carbonyl (C=O) groups is 1. The summed E-state index contributed by atoms with van der Waals surface area (Å²) in [6.07, 6.45) is 0. The fraction of sp³-hybridized carbons (Fsp3) is 0. The first-order valence-electron chi connectivity index (χ1n) is 5.44. The van der Waals surface area contributed by atoms with E-state index in [-0.39, 0.29) is 16.9 Å². The molecule has 2 rings (SSSR count). The minimum absolute atomic E-state index is 0.0256. The van der Waals surface area contributed by atoms with Gasteiger partial charge in [0.25, 0.3) is 10.1 Å². The molecule has 7 heteroatoms. The molecule has 0 saturated heterocycles. The molecular weight excluding hydrogens is 284 g/mol. The van der Waals surface area contributed by atoms with Gasteiger partial charge in [-0.2, -0.15) is 8.42 Å². The Balaban J connectivity index is 2.50. The Bertz CT molecular complexity index is 779. The molecule has 0 saturated carbocycles. The SMILES string of the molecule is O=C(c1ccccc1O)c1ccc(S(=O)(=O)O)cc1O. The quantitative estimate of drug-likeness (QED) is 0.585. The van der Waals surface area contributed by atoms with Crippen LogP contribution in [0.15, 0.2) is 47.4 Å². The number of hydrogen-bond donors (Lipinski definition) is 3. The standard InChI is InChI=1S/C13H10O6S/c14-11-4-2-1-3-9(11)13(16)10-6-5-8(7-12(10)15)20(17,18)19/h1-7,14-15H,(H,17,18,19). The van der Waals surface area contributed by atoms with E-state index in [2.05, 4.69) is 0 Å². The van der Waals surface area contributed by atoms with Crippen molar-refractivity contribution in [2.45, 2.75) is 4.90 Å². The van der Waals surface area contributed by atoms with Crippen molar-refractivity contribution in [2.24, 2.45) is 0 Å².